The lowest BCUT2D eigenvalue weighted by Crippen LogP contribution is -2.23. The molecule has 0 radical (unpaired) electrons. The van der Waals surface area contributed by atoms with E-state index >= 15 is 0 Å². The molecule has 0 saturated carbocycles. The lowest BCUT2D eigenvalue weighted by Gasteiger charge is -2.25. The number of hydrogen-bond donors (Lipinski definition) is 1. The number of nitrogens with two attached hydrogens (primary N) is 1. The van der Waals surface area contributed by atoms with E-state index in [1.807, 2.05) is 12.1 Å². The maximum Gasteiger partial charge on any atom is 0.0638 e. The monoisotopic (exact) mass is 286 g/mol. The highest BCUT2D eigenvalue weighted by atomic mass is 35.5. The van der Waals surface area contributed by atoms with E-state index in [0.717, 1.165) is 13.1 Å². The van der Waals surface area contributed by atoms with E-state index in [-0.39, 0.29) is 0 Å². The van der Waals surface area contributed by atoms with Crippen LogP contribution in [0.15, 0.2) is 42.5 Å². The number of aryl methyl sites for hydroxylation is 1. The van der Waals surface area contributed by atoms with Gasteiger partial charge in [0.2, 0.25) is 0 Å². The van der Waals surface area contributed by atoms with Crippen LogP contribution in [0.1, 0.15) is 24.0 Å². The average Bonchev–Trinajstić information content (AvgIpc) is 2.66. The second-order valence-electron chi connectivity index (χ2n) is 5.36. The number of benzene rings is 2. The van der Waals surface area contributed by atoms with Crippen molar-refractivity contribution in [3.63, 3.8) is 0 Å². The minimum atomic E-state index is 0.644. The summed E-state index contributed by atoms with van der Waals surface area (Å²) in [7, 11) is 0. The fourth-order valence-electron chi connectivity index (χ4n) is 2.82. The standard InChI is InChI=1S/C17H19ClN2/c18-15-11-13(8-9-16(15)19)12-20-10-4-3-6-14-5-1-2-7-17(14)20/h1-2,5,7-9,11H,3-4,6,10,12,19H2. The fraction of sp³-hybridized carbons (Fsp3) is 0.294. The van der Waals surface area contributed by atoms with Crippen LogP contribution in [-0.2, 0) is 13.0 Å². The van der Waals surface area contributed by atoms with Crippen LogP contribution in [0.25, 0.3) is 0 Å². The minimum Gasteiger partial charge on any atom is -0.398 e. The number of rotatable bonds is 2. The van der Waals surface area contributed by atoms with Gasteiger partial charge in [0.15, 0.2) is 0 Å². The van der Waals surface area contributed by atoms with Crippen LogP contribution in [0.4, 0.5) is 11.4 Å². The van der Waals surface area contributed by atoms with Gasteiger partial charge in [-0.15, -0.1) is 0 Å². The summed E-state index contributed by atoms with van der Waals surface area (Å²) in [5.41, 5.74) is 10.4. The Hall–Kier alpha value is -1.67. The summed E-state index contributed by atoms with van der Waals surface area (Å²) in [6.07, 6.45) is 3.67. The van der Waals surface area contributed by atoms with Gasteiger partial charge in [-0.3, -0.25) is 0 Å². The first-order valence-electron chi connectivity index (χ1n) is 7.11. The van der Waals surface area contributed by atoms with E-state index < -0.39 is 0 Å². The van der Waals surface area contributed by atoms with Crippen molar-refractivity contribution in [2.45, 2.75) is 25.8 Å². The van der Waals surface area contributed by atoms with Gasteiger partial charge in [-0.25, -0.2) is 0 Å². The molecule has 1 heterocycles. The van der Waals surface area contributed by atoms with Crippen LogP contribution in [-0.4, -0.2) is 6.54 Å². The number of hydrogen-bond acceptors (Lipinski definition) is 2. The minimum absolute atomic E-state index is 0.644. The first-order chi connectivity index (χ1) is 9.74. The smallest absolute Gasteiger partial charge is 0.0638 e. The van der Waals surface area contributed by atoms with Crippen molar-refractivity contribution in [1.29, 1.82) is 0 Å². The summed E-state index contributed by atoms with van der Waals surface area (Å²) in [6.45, 7) is 1.98. The van der Waals surface area contributed by atoms with Gasteiger partial charge in [-0.2, -0.15) is 0 Å². The normalized spacial score (nSPS) is 14.8. The maximum atomic E-state index is 6.12. The van der Waals surface area contributed by atoms with Crippen molar-refractivity contribution in [2.24, 2.45) is 0 Å². The Morgan fingerprint density at radius 2 is 1.95 bits per heavy atom. The van der Waals surface area contributed by atoms with Crippen molar-refractivity contribution in [3.05, 3.63) is 58.6 Å². The van der Waals surface area contributed by atoms with Crippen LogP contribution in [0.3, 0.4) is 0 Å². The van der Waals surface area contributed by atoms with E-state index in [1.54, 1.807) is 0 Å². The molecular weight excluding hydrogens is 268 g/mol. The van der Waals surface area contributed by atoms with E-state index in [4.69, 9.17) is 17.3 Å². The number of fused-ring (bicyclic) bond motifs is 1. The molecule has 2 nitrogen and oxygen atoms in total. The quantitative estimate of drug-likeness (QED) is 0.836. The molecule has 0 aliphatic carbocycles. The summed E-state index contributed by atoms with van der Waals surface area (Å²) in [6, 6.07) is 14.6. The molecule has 0 amide bonds. The van der Waals surface area contributed by atoms with Crippen molar-refractivity contribution in [1.82, 2.24) is 0 Å². The zero-order valence-corrected chi connectivity index (χ0v) is 12.2. The molecule has 0 unspecified atom stereocenters. The lowest BCUT2D eigenvalue weighted by atomic mass is 10.1. The van der Waals surface area contributed by atoms with Crippen LogP contribution in [0.5, 0.6) is 0 Å². The Balaban J connectivity index is 1.88. The molecule has 0 fully saturated rings. The summed E-state index contributed by atoms with van der Waals surface area (Å²) in [4.78, 5) is 2.45. The molecule has 2 aromatic rings. The third-order valence-corrected chi connectivity index (χ3v) is 4.22. The number of nitrogen functional groups attached to an aromatic ring is 1. The van der Waals surface area contributed by atoms with E-state index in [2.05, 4.69) is 35.2 Å². The zero-order valence-electron chi connectivity index (χ0n) is 11.5. The topological polar surface area (TPSA) is 29.3 Å². The van der Waals surface area contributed by atoms with Crippen LogP contribution in [0.2, 0.25) is 5.02 Å². The molecule has 20 heavy (non-hydrogen) atoms. The van der Waals surface area contributed by atoms with Crippen molar-refractivity contribution in [2.75, 3.05) is 17.2 Å². The Labute approximate surface area is 125 Å². The molecule has 0 atom stereocenters. The summed E-state index contributed by atoms with van der Waals surface area (Å²) in [5, 5.41) is 0.644. The Kier molecular flexibility index (Phi) is 3.83. The van der Waals surface area contributed by atoms with Gasteiger partial charge in [0.1, 0.15) is 0 Å². The van der Waals surface area contributed by atoms with Crippen molar-refractivity contribution in [3.8, 4) is 0 Å². The van der Waals surface area contributed by atoms with Gasteiger partial charge < -0.3 is 10.6 Å². The molecule has 2 N–H and O–H groups in total. The Bertz CT molecular complexity index is 610. The fourth-order valence-corrected chi connectivity index (χ4v) is 3.03. The molecule has 104 valence electrons. The van der Waals surface area contributed by atoms with Gasteiger partial charge in [-0.05, 0) is 48.6 Å². The van der Waals surface area contributed by atoms with Crippen LogP contribution >= 0.6 is 11.6 Å². The molecule has 2 aromatic carbocycles. The number of para-hydroxylation sites is 1. The first kappa shape index (κ1) is 13.3. The lowest BCUT2D eigenvalue weighted by molar-refractivity contribution is 0.714. The highest BCUT2D eigenvalue weighted by molar-refractivity contribution is 6.33. The van der Waals surface area contributed by atoms with Gasteiger partial charge in [-0.1, -0.05) is 35.9 Å². The predicted molar refractivity (Wildman–Crippen MR) is 86.3 cm³/mol. The molecule has 1 aliphatic rings. The van der Waals surface area contributed by atoms with Crippen LogP contribution < -0.4 is 10.6 Å². The van der Waals surface area contributed by atoms with Gasteiger partial charge in [0.05, 0.1) is 10.7 Å². The van der Waals surface area contributed by atoms with E-state index in [0.29, 0.717) is 10.7 Å². The molecular formula is C17H19ClN2. The molecule has 0 spiro atoms. The molecule has 1 aliphatic heterocycles. The largest absolute Gasteiger partial charge is 0.398 e. The third kappa shape index (κ3) is 2.75. The van der Waals surface area contributed by atoms with Crippen molar-refractivity contribution < 1.29 is 0 Å². The molecule has 3 heteroatoms. The second-order valence-corrected chi connectivity index (χ2v) is 5.77. The molecule has 3 rings (SSSR count). The molecule has 0 aromatic heterocycles. The zero-order chi connectivity index (χ0) is 13.9. The van der Waals surface area contributed by atoms with E-state index in [9.17, 15) is 0 Å². The maximum absolute atomic E-state index is 6.12. The molecule has 0 bridgehead atoms. The highest BCUT2D eigenvalue weighted by Gasteiger charge is 2.15. The number of halogens is 1. The van der Waals surface area contributed by atoms with Gasteiger partial charge in [0.25, 0.3) is 0 Å². The third-order valence-electron chi connectivity index (χ3n) is 3.89. The van der Waals surface area contributed by atoms with E-state index in [1.165, 1.54) is 36.1 Å². The first-order valence-corrected chi connectivity index (χ1v) is 7.48. The number of nitrogens with zero attached hydrogens (tertiary/aromatic N) is 1. The highest BCUT2D eigenvalue weighted by Crippen LogP contribution is 2.28. The Morgan fingerprint density at radius 1 is 1.10 bits per heavy atom. The van der Waals surface area contributed by atoms with Crippen LogP contribution in [0, 0.1) is 0 Å². The SMILES string of the molecule is Nc1ccc(CN2CCCCc3ccccc32)cc1Cl. The van der Waals surface area contributed by atoms with Gasteiger partial charge >= 0.3 is 0 Å². The van der Waals surface area contributed by atoms with Crippen molar-refractivity contribution >= 4 is 23.0 Å². The predicted octanol–water partition coefficient (Wildman–Crippen LogP) is 4.27. The number of anilines is 2. The molecule has 0 saturated heterocycles. The summed E-state index contributed by atoms with van der Waals surface area (Å²) in [5.74, 6) is 0. The second kappa shape index (κ2) is 5.76. The Morgan fingerprint density at radius 3 is 2.80 bits per heavy atom. The average molecular weight is 287 g/mol. The summed E-state index contributed by atoms with van der Waals surface area (Å²) >= 11 is 6.12. The summed E-state index contributed by atoms with van der Waals surface area (Å²) < 4.78 is 0. The van der Waals surface area contributed by atoms with Gasteiger partial charge in [0, 0.05) is 18.8 Å².